The lowest BCUT2D eigenvalue weighted by molar-refractivity contribution is -0.128. The van der Waals surface area contributed by atoms with E-state index in [9.17, 15) is 4.79 Å². The highest BCUT2D eigenvalue weighted by Gasteiger charge is 2.33. The number of carbonyl (C=O) groups is 1. The first kappa shape index (κ1) is 22.4. The summed E-state index contributed by atoms with van der Waals surface area (Å²) in [5.74, 6) is 0.815. The van der Waals surface area contributed by atoms with Gasteiger partial charge in [0.25, 0.3) is 0 Å². The molecule has 2 atom stereocenters. The molecular formula is C25H27N9O2. The molecule has 0 bridgehead atoms. The number of likely N-dealkylation sites (N-methyl/N-ethyl adjacent to an activating group) is 2. The van der Waals surface area contributed by atoms with Crippen molar-refractivity contribution in [1.29, 1.82) is 0 Å². The first-order valence-electron chi connectivity index (χ1n) is 12.1. The topological polar surface area (TPSA) is 118 Å². The summed E-state index contributed by atoms with van der Waals surface area (Å²) in [5.41, 5.74) is 3.44. The summed E-state index contributed by atoms with van der Waals surface area (Å²) >= 11 is 0. The second kappa shape index (κ2) is 9.15. The minimum Gasteiger partial charge on any atom is -0.360 e. The predicted octanol–water partition coefficient (Wildman–Crippen LogP) is 2.96. The lowest BCUT2D eigenvalue weighted by Crippen LogP contribution is -2.21. The number of pyridine rings is 1. The number of anilines is 2. The van der Waals surface area contributed by atoms with Gasteiger partial charge in [-0.15, -0.1) is 0 Å². The molecular weight excluding hydrogens is 458 g/mol. The van der Waals surface area contributed by atoms with Crippen LogP contribution in [0.5, 0.6) is 0 Å². The Labute approximate surface area is 208 Å². The molecule has 6 rings (SSSR count). The molecule has 1 N–H and O–H groups in total. The highest BCUT2D eigenvalue weighted by Crippen LogP contribution is 2.31. The van der Waals surface area contributed by atoms with Crippen LogP contribution in [0.1, 0.15) is 30.6 Å². The molecule has 1 amide bonds. The second-order valence-electron chi connectivity index (χ2n) is 9.43. The summed E-state index contributed by atoms with van der Waals surface area (Å²) in [7, 11) is 3.93. The summed E-state index contributed by atoms with van der Waals surface area (Å²) in [6.45, 7) is 2.79. The minimum absolute atomic E-state index is 0.0570. The monoisotopic (exact) mass is 485 g/mol. The van der Waals surface area contributed by atoms with Gasteiger partial charge in [0, 0.05) is 38.6 Å². The Balaban J connectivity index is 1.19. The van der Waals surface area contributed by atoms with Crippen molar-refractivity contribution in [3.8, 4) is 22.8 Å². The Kier molecular flexibility index (Phi) is 5.68. The third-order valence-electron chi connectivity index (χ3n) is 6.83. The minimum atomic E-state index is -0.283. The van der Waals surface area contributed by atoms with Gasteiger partial charge in [0.1, 0.15) is 17.4 Å². The average Bonchev–Trinajstić information content (AvgIpc) is 3.69. The third-order valence-corrected chi connectivity index (χ3v) is 6.83. The Morgan fingerprint density at radius 2 is 1.86 bits per heavy atom. The fourth-order valence-corrected chi connectivity index (χ4v) is 4.80. The Hall–Kier alpha value is -4.12. The zero-order valence-electron chi connectivity index (χ0n) is 20.2. The van der Waals surface area contributed by atoms with Crippen molar-refractivity contribution in [3.05, 3.63) is 54.7 Å². The van der Waals surface area contributed by atoms with Crippen molar-refractivity contribution in [2.45, 2.75) is 24.8 Å². The highest BCUT2D eigenvalue weighted by molar-refractivity contribution is 5.85. The maximum atomic E-state index is 12.3. The Morgan fingerprint density at radius 3 is 2.64 bits per heavy atom. The first-order chi connectivity index (χ1) is 17.5. The molecule has 0 spiro atoms. The van der Waals surface area contributed by atoms with Crippen LogP contribution in [0.4, 0.5) is 11.6 Å². The van der Waals surface area contributed by atoms with Crippen molar-refractivity contribution >= 4 is 17.5 Å². The number of aromatic nitrogens is 6. The maximum absolute atomic E-state index is 12.3. The zero-order valence-corrected chi connectivity index (χ0v) is 20.2. The molecule has 0 aromatic carbocycles. The van der Waals surface area contributed by atoms with E-state index in [0.717, 1.165) is 38.2 Å². The van der Waals surface area contributed by atoms with Gasteiger partial charge in [-0.1, -0.05) is 11.2 Å². The average molecular weight is 486 g/mol. The van der Waals surface area contributed by atoms with Crippen molar-refractivity contribution < 1.29 is 9.32 Å². The number of hydrogen-bond acceptors (Lipinski definition) is 9. The number of rotatable bonds is 6. The molecule has 4 aromatic rings. The zero-order chi connectivity index (χ0) is 24.6. The van der Waals surface area contributed by atoms with Gasteiger partial charge in [0.2, 0.25) is 11.9 Å². The molecule has 2 fully saturated rings. The van der Waals surface area contributed by atoms with Gasteiger partial charge < -0.3 is 19.6 Å². The Morgan fingerprint density at radius 1 is 1.03 bits per heavy atom. The summed E-state index contributed by atoms with van der Waals surface area (Å²) < 4.78 is 7.52. The van der Waals surface area contributed by atoms with Crippen LogP contribution in [-0.4, -0.2) is 79.3 Å². The van der Waals surface area contributed by atoms with E-state index in [0.29, 0.717) is 40.5 Å². The van der Waals surface area contributed by atoms with Crippen LogP contribution in [0.2, 0.25) is 0 Å². The van der Waals surface area contributed by atoms with Gasteiger partial charge in [0.15, 0.2) is 0 Å². The molecule has 0 radical (unpaired) electrons. The standard InChI is InChI=1S/C25H27N9O2/c1-32-10-7-17(15-32)34-14-16(13-27-34)28-25-26-9-6-21(30-25)19-4-3-5-20(29-19)22-12-23(36-31-22)18-8-11-33(2)24(18)35/h3-6,9,12-14,17-18H,7-8,10-11,15H2,1-2H3,(H,26,28,30)/t17-,18-/m0/s1. The molecule has 2 aliphatic heterocycles. The normalized spacial score (nSPS) is 20.4. The number of amides is 1. The molecule has 2 aliphatic rings. The maximum Gasteiger partial charge on any atom is 0.233 e. The quantitative estimate of drug-likeness (QED) is 0.440. The van der Waals surface area contributed by atoms with E-state index in [-0.39, 0.29) is 11.8 Å². The molecule has 184 valence electrons. The van der Waals surface area contributed by atoms with Gasteiger partial charge in [-0.25, -0.2) is 15.0 Å². The summed E-state index contributed by atoms with van der Waals surface area (Å²) in [4.78, 5) is 30.1. The molecule has 0 unspecified atom stereocenters. The number of carbonyl (C=O) groups excluding carboxylic acids is 1. The highest BCUT2D eigenvalue weighted by atomic mass is 16.5. The molecule has 36 heavy (non-hydrogen) atoms. The summed E-state index contributed by atoms with van der Waals surface area (Å²) in [5, 5.41) is 11.9. The fourth-order valence-electron chi connectivity index (χ4n) is 4.80. The number of likely N-dealkylation sites (tertiary alicyclic amines) is 2. The number of nitrogens with zero attached hydrogens (tertiary/aromatic N) is 8. The van der Waals surface area contributed by atoms with Gasteiger partial charge in [-0.3, -0.25) is 9.48 Å². The fraction of sp³-hybridized carbons (Fsp3) is 0.360. The van der Waals surface area contributed by atoms with Crippen LogP contribution in [0, 0.1) is 0 Å². The van der Waals surface area contributed by atoms with Gasteiger partial charge in [-0.05, 0) is 44.6 Å². The lowest BCUT2D eigenvalue weighted by atomic mass is 10.0. The predicted molar refractivity (Wildman–Crippen MR) is 132 cm³/mol. The van der Waals surface area contributed by atoms with Crippen molar-refractivity contribution in [1.82, 2.24) is 39.7 Å². The Bertz CT molecular complexity index is 1400. The summed E-state index contributed by atoms with van der Waals surface area (Å²) in [6.07, 6.45) is 7.30. The van der Waals surface area contributed by atoms with E-state index >= 15 is 0 Å². The second-order valence-corrected chi connectivity index (χ2v) is 9.43. The number of nitrogens with one attached hydrogen (secondary N) is 1. The first-order valence-corrected chi connectivity index (χ1v) is 12.1. The van der Waals surface area contributed by atoms with E-state index < -0.39 is 0 Å². The van der Waals surface area contributed by atoms with Crippen LogP contribution >= 0.6 is 0 Å². The van der Waals surface area contributed by atoms with E-state index in [2.05, 4.69) is 37.5 Å². The van der Waals surface area contributed by atoms with Crippen LogP contribution in [-0.2, 0) is 4.79 Å². The SMILES string of the molecule is CN1CC[C@H](n2cc(Nc3nccc(-c4cccc(-c5cc([C@@H]6CCN(C)C6=O)on5)n4)n3)cn2)C1. The summed E-state index contributed by atoms with van der Waals surface area (Å²) in [6, 6.07) is 9.66. The van der Waals surface area contributed by atoms with E-state index in [4.69, 9.17) is 9.51 Å². The molecule has 4 aromatic heterocycles. The van der Waals surface area contributed by atoms with E-state index in [1.54, 1.807) is 30.4 Å². The smallest absolute Gasteiger partial charge is 0.233 e. The largest absolute Gasteiger partial charge is 0.360 e. The van der Waals surface area contributed by atoms with Crippen LogP contribution in [0.25, 0.3) is 22.8 Å². The van der Waals surface area contributed by atoms with Crippen molar-refractivity contribution in [2.75, 3.05) is 39.0 Å². The third kappa shape index (κ3) is 4.33. The van der Waals surface area contributed by atoms with E-state index in [1.165, 1.54) is 0 Å². The van der Waals surface area contributed by atoms with Gasteiger partial charge in [0.05, 0.1) is 35.0 Å². The van der Waals surface area contributed by atoms with Crippen molar-refractivity contribution in [3.63, 3.8) is 0 Å². The molecule has 11 nitrogen and oxygen atoms in total. The molecule has 6 heterocycles. The van der Waals surface area contributed by atoms with E-state index in [1.807, 2.05) is 35.1 Å². The van der Waals surface area contributed by atoms with Gasteiger partial charge in [-0.2, -0.15) is 5.10 Å². The molecule has 0 aliphatic carbocycles. The molecule has 0 saturated carbocycles. The molecule has 2 saturated heterocycles. The molecule has 11 heteroatoms. The van der Waals surface area contributed by atoms with Crippen LogP contribution in [0.3, 0.4) is 0 Å². The lowest BCUT2D eigenvalue weighted by Gasteiger charge is -2.10. The number of hydrogen-bond donors (Lipinski definition) is 1. The van der Waals surface area contributed by atoms with Crippen molar-refractivity contribution in [2.24, 2.45) is 0 Å². The van der Waals surface area contributed by atoms with Crippen LogP contribution in [0.15, 0.2) is 53.4 Å². The van der Waals surface area contributed by atoms with Gasteiger partial charge >= 0.3 is 0 Å². The van der Waals surface area contributed by atoms with Crippen LogP contribution < -0.4 is 5.32 Å².